The Morgan fingerprint density at radius 3 is 2.67 bits per heavy atom. The topological polar surface area (TPSA) is 111 Å². The van der Waals surface area contributed by atoms with Gasteiger partial charge in [0.05, 0.1) is 11.9 Å². The molecule has 30 heavy (non-hydrogen) atoms. The molecular formula is C21H21BrN6O2. The Labute approximate surface area is 182 Å². The van der Waals surface area contributed by atoms with E-state index in [-0.39, 0.29) is 17.6 Å². The second-order valence-electron chi connectivity index (χ2n) is 6.90. The number of amides is 1. The molecule has 1 aromatic carbocycles. The molecular weight excluding hydrogens is 448 g/mol. The molecule has 0 atom stereocenters. The minimum atomic E-state index is 0.150. The number of nitrogens with two attached hydrogens (primary N) is 1. The Balaban J connectivity index is 1.59. The van der Waals surface area contributed by atoms with E-state index < -0.39 is 0 Å². The average molecular weight is 469 g/mol. The van der Waals surface area contributed by atoms with Crippen molar-refractivity contribution in [2.24, 2.45) is 0 Å². The van der Waals surface area contributed by atoms with E-state index in [1.807, 2.05) is 42.2 Å². The Hall–Kier alpha value is -3.07. The molecule has 0 spiro atoms. The second-order valence-corrected chi connectivity index (χ2v) is 7.47. The number of halogens is 1. The molecule has 1 aliphatic rings. The Morgan fingerprint density at radius 2 is 2.00 bits per heavy atom. The molecule has 0 saturated heterocycles. The number of carbonyl (C=O) groups excluding carboxylic acids is 1. The lowest BCUT2D eigenvalue weighted by molar-refractivity contribution is -0.130. The summed E-state index contributed by atoms with van der Waals surface area (Å²) in [6.45, 7) is 3.10. The monoisotopic (exact) mass is 468 g/mol. The van der Waals surface area contributed by atoms with Crippen LogP contribution in [0.25, 0.3) is 28.6 Å². The van der Waals surface area contributed by atoms with Crippen LogP contribution in [0.2, 0.25) is 0 Å². The number of benzene rings is 1. The molecule has 0 saturated carbocycles. The molecule has 2 aromatic heterocycles. The van der Waals surface area contributed by atoms with Crippen molar-refractivity contribution in [3.8, 4) is 23.0 Å². The van der Waals surface area contributed by atoms with Gasteiger partial charge in [-0.05, 0) is 29.7 Å². The van der Waals surface area contributed by atoms with Gasteiger partial charge >= 0.3 is 0 Å². The van der Waals surface area contributed by atoms with Gasteiger partial charge in [-0.25, -0.2) is 9.97 Å². The van der Waals surface area contributed by atoms with E-state index in [9.17, 15) is 4.79 Å². The maximum atomic E-state index is 11.9. The van der Waals surface area contributed by atoms with E-state index in [1.165, 1.54) is 0 Å². The largest absolute Gasteiger partial charge is 0.414 e. The van der Waals surface area contributed by atoms with E-state index in [4.69, 9.17) is 10.2 Å². The van der Waals surface area contributed by atoms with E-state index in [2.05, 4.69) is 36.1 Å². The summed E-state index contributed by atoms with van der Waals surface area (Å²) < 4.78 is 5.83. The highest BCUT2D eigenvalue weighted by molar-refractivity contribution is 9.08. The molecule has 1 aliphatic heterocycles. The van der Waals surface area contributed by atoms with Crippen molar-refractivity contribution < 1.29 is 9.21 Å². The molecule has 0 bridgehead atoms. The van der Waals surface area contributed by atoms with Crippen LogP contribution in [0, 0.1) is 0 Å². The van der Waals surface area contributed by atoms with Gasteiger partial charge in [0, 0.05) is 30.4 Å². The van der Waals surface area contributed by atoms with Crippen molar-refractivity contribution in [2.75, 3.05) is 18.8 Å². The molecule has 0 aliphatic carbocycles. The van der Waals surface area contributed by atoms with E-state index in [0.717, 1.165) is 22.0 Å². The number of hydrogen-bond donors (Lipinski definition) is 1. The van der Waals surface area contributed by atoms with Gasteiger partial charge in [0.1, 0.15) is 0 Å². The molecule has 1 amide bonds. The number of anilines is 1. The van der Waals surface area contributed by atoms with E-state index in [0.29, 0.717) is 43.2 Å². The van der Waals surface area contributed by atoms with Gasteiger partial charge in [0.2, 0.25) is 11.8 Å². The molecule has 4 rings (SSSR count). The molecule has 0 unspecified atom stereocenters. The van der Waals surface area contributed by atoms with Gasteiger partial charge in [-0.15, -0.1) is 10.2 Å². The van der Waals surface area contributed by atoms with Crippen LogP contribution in [-0.2, 0) is 10.1 Å². The number of rotatable bonds is 5. The van der Waals surface area contributed by atoms with Crippen LogP contribution in [0.15, 0.2) is 41.0 Å². The first kappa shape index (κ1) is 20.2. The van der Waals surface area contributed by atoms with Crippen LogP contribution in [0.3, 0.4) is 0 Å². The fraction of sp³-hybridized carbons (Fsp3) is 0.286. The summed E-state index contributed by atoms with van der Waals surface area (Å²) in [5.41, 5.74) is 10.1. The predicted molar refractivity (Wildman–Crippen MR) is 117 cm³/mol. The van der Waals surface area contributed by atoms with Crippen LogP contribution in [0.4, 0.5) is 5.82 Å². The maximum Gasteiger partial charge on any atom is 0.270 e. The fourth-order valence-corrected chi connectivity index (χ4v) is 3.61. The third-order valence-electron chi connectivity index (χ3n) is 4.98. The number of aromatic nitrogens is 4. The van der Waals surface area contributed by atoms with Crippen molar-refractivity contribution in [3.63, 3.8) is 0 Å². The predicted octanol–water partition coefficient (Wildman–Crippen LogP) is 3.70. The third-order valence-corrected chi connectivity index (χ3v) is 5.62. The molecule has 9 heteroatoms. The van der Waals surface area contributed by atoms with Crippen molar-refractivity contribution in [1.29, 1.82) is 0 Å². The Morgan fingerprint density at radius 1 is 1.23 bits per heavy atom. The summed E-state index contributed by atoms with van der Waals surface area (Å²) >= 11 is 3.43. The molecule has 0 fully saturated rings. The molecule has 8 nitrogen and oxygen atoms in total. The minimum Gasteiger partial charge on any atom is -0.414 e. The normalized spacial score (nSPS) is 13.9. The van der Waals surface area contributed by atoms with E-state index >= 15 is 0 Å². The van der Waals surface area contributed by atoms with Gasteiger partial charge in [-0.3, -0.25) is 4.79 Å². The third kappa shape index (κ3) is 4.11. The molecule has 154 valence electrons. The lowest BCUT2D eigenvalue weighted by Gasteiger charge is -2.26. The summed E-state index contributed by atoms with van der Waals surface area (Å²) in [5, 5.41) is 9.03. The summed E-state index contributed by atoms with van der Waals surface area (Å²) in [6, 6.07) is 7.83. The Kier molecular flexibility index (Phi) is 5.89. The highest BCUT2D eigenvalue weighted by Crippen LogP contribution is 2.28. The van der Waals surface area contributed by atoms with Crippen molar-refractivity contribution in [3.05, 3.63) is 47.8 Å². The zero-order chi connectivity index (χ0) is 21.1. The lowest BCUT2D eigenvalue weighted by atomic mass is 10.0. The summed E-state index contributed by atoms with van der Waals surface area (Å²) in [4.78, 5) is 22.6. The zero-order valence-electron chi connectivity index (χ0n) is 16.5. The zero-order valence-corrected chi connectivity index (χ0v) is 18.1. The first-order valence-electron chi connectivity index (χ1n) is 9.68. The minimum absolute atomic E-state index is 0.150. The second kappa shape index (κ2) is 8.74. The van der Waals surface area contributed by atoms with Crippen LogP contribution in [-0.4, -0.2) is 44.1 Å². The smallest absolute Gasteiger partial charge is 0.270 e. The first-order chi connectivity index (χ1) is 14.6. The molecule has 2 N–H and O–H groups in total. The van der Waals surface area contributed by atoms with Crippen molar-refractivity contribution in [1.82, 2.24) is 25.1 Å². The number of nitrogens with zero attached hydrogens (tertiary/aromatic N) is 5. The van der Waals surface area contributed by atoms with Gasteiger partial charge in [-0.1, -0.05) is 41.1 Å². The van der Waals surface area contributed by atoms with Gasteiger partial charge in [0.15, 0.2) is 11.5 Å². The fourth-order valence-electron chi connectivity index (χ4n) is 3.23. The highest BCUT2D eigenvalue weighted by atomic mass is 79.9. The number of alkyl halides is 1. The van der Waals surface area contributed by atoms with Crippen molar-refractivity contribution in [2.45, 2.75) is 25.1 Å². The molecule has 3 aromatic rings. The van der Waals surface area contributed by atoms with Gasteiger partial charge < -0.3 is 15.1 Å². The quantitative estimate of drug-likeness (QED) is 0.568. The number of hydrogen-bond acceptors (Lipinski definition) is 7. The molecule has 0 radical (unpaired) electrons. The van der Waals surface area contributed by atoms with Crippen LogP contribution in [0.1, 0.15) is 31.0 Å². The summed E-state index contributed by atoms with van der Waals surface area (Å²) in [7, 11) is 0. The SMILES string of the molecule is CCC(=O)N1CC=C(c2cnc(N)c(-c3nnc(-c4ccc(CBr)cc4)o3)n2)CC1. The average Bonchev–Trinajstić information content (AvgIpc) is 3.29. The van der Waals surface area contributed by atoms with E-state index in [1.54, 1.807) is 6.20 Å². The summed E-state index contributed by atoms with van der Waals surface area (Å²) in [6.07, 6.45) is 4.86. The van der Waals surface area contributed by atoms with Crippen LogP contribution in [0.5, 0.6) is 0 Å². The van der Waals surface area contributed by atoms with Gasteiger partial charge in [-0.2, -0.15) is 0 Å². The maximum absolute atomic E-state index is 11.9. The van der Waals surface area contributed by atoms with Gasteiger partial charge in [0.25, 0.3) is 5.89 Å². The lowest BCUT2D eigenvalue weighted by Crippen LogP contribution is -2.34. The summed E-state index contributed by atoms with van der Waals surface area (Å²) in [5.74, 6) is 0.990. The first-order valence-corrected chi connectivity index (χ1v) is 10.8. The standard InChI is InChI=1S/C21H21BrN6O2/c1-2-17(29)28-9-7-14(8-10-28)16-12-24-19(23)18(25-16)21-27-26-20(30-21)15-5-3-13(11-22)4-6-15/h3-7,12H,2,8-11H2,1H3,(H2,23,24). The highest BCUT2D eigenvalue weighted by Gasteiger charge is 2.20. The van der Waals surface area contributed by atoms with Crippen LogP contribution >= 0.6 is 15.9 Å². The number of nitrogen functional groups attached to an aromatic ring is 1. The Bertz CT molecular complexity index is 1090. The number of carbonyl (C=O) groups is 1. The van der Waals surface area contributed by atoms with Crippen molar-refractivity contribution >= 4 is 33.2 Å². The van der Waals surface area contributed by atoms with Crippen LogP contribution < -0.4 is 5.73 Å². The molecule has 3 heterocycles.